The molecule has 298 valence electrons. The molecule has 1 aliphatic heterocycles. The van der Waals surface area contributed by atoms with Gasteiger partial charge in [0.2, 0.25) is 0 Å². The predicted octanol–water partition coefficient (Wildman–Crippen LogP) is 17.1. The minimum atomic E-state index is 0.637. The van der Waals surface area contributed by atoms with Crippen molar-refractivity contribution in [1.29, 1.82) is 0 Å². The van der Waals surface area contributed by atoms with Crippen molar-refractivity contribution in [3.05, 3.63) is 12.4 Å². The van der Waals surface area contributed by atoms with E-state index in [1.54, 1.807) is 0 Å². The number of unbranched alkanes of at least 4 members (excludes halogenated alkanes) is 36. The fourth-order valence-corrected chi connectivity index (χ4v) is 8.31. The first kappa shape index (κ1) is 47.4. The van der Waals surface area contributed by atoms with Crippen LogP contribution >= 0.6 is 0 Å². The predicted molar refractivity (Wildman–Crippen MR) is 228 cm³/mol. The quantitative estimate of drug-likeness (QED) is 0.0585. The van der Waals surface area contributed by atoms with E-state index in [0.717, 1.165) is 0 Å². The van der Waals surface area contributed by atoms with Crippen LogP contribution < -0.4 is 0 Å². The van der Waals surface area contributed by atoms with Gasteiger partial charge in [-0.05, 0) is 25.7 Å². The summed E-state index contributed by atoms with van der Waals surface area (Å²) in [6.07, 6.45) is 63.4. The summed E-state index contributed by atoms with van der Waals surface area (Å²) in [5.41, 5.74) is 0. The van der Waals surface area contributed by atoms with Crippen molar-refractivity contribution in [2.45, 2.75) is 284 Å². The van der Waals surface area contributed by atoms with Gasteiger partial charge in [0.1, 0.15) is 6.17 Å². The van der Waals surface area contributed by atoms with Gasteiger partial charge in [-0.2, -0.15) is 0 Å². The highest BCUT2D eigenvalue weighted by Gasteiger charge is 2.24. The molecule has 2 nitrogen and oxygen atoms in total. The summed E-state index contributed by atoms with van der Waals surface area (Å²) in [7, 11) is 0. The average molecular weight is 701 g/mol. The summed E-state index contributed by atoms with van der Waals surface area (Å²) < 4.78 is 0. The van der Waals surface area contributed by atoms with Crippen molar-refractivity contribution in [2.75, 3.05) is 13.1 Å². The topological polar surface area (TPSA) is 6.48 Å². The van der Waals surface area contributed by atoms with Gasteiger partial charge in [0, 0.05) is 25.5 Å². The van der Waals surface area contributed by atoms with Crippen LogP contribution in [0.5, 0.6) is 0 Å². The molecule has 1 unspecified atom stereocenters. The van der Waals surface area contributed by atoms with E-state index in [-0.39, 0.29) is 0 Å². The molecule has 2 heteroatoms. The van der Waals surface area contributed by atoms with E-state index in [4.69, 9.17) is 0 Å². The molecule has 50 heavy (non-hydrogen) atoms. The second kappa shape index (κ2) is 39.5. The summed E-state index contributed by atoms with van der Waals surface area (Å²) in [6.45, 7) is 9.49. The second-order valence-electron chi connectivity index (χ2n) is 16.8. The van der Waals surface area contributed by atoms with E-state index in [9.17, 15) is 0 Å². The molecular formula is C48H96N2. The molecule has 0 bridgehead atoms. The minimum absolute atomic E-state index is 0.637. The van der Waals surface area contributed by atoms with Gasteiger partial charge in [-0.25, -0.2) is 0 Å². The summed E-state index contributed by atoms with van der Waals surface area (Å²) in [4.78, 5) is 5.47. The monoisotopic (exact) mass is 701 g/mol. The summed E-state index contributed by atoms with van der Waals surface area (Å²) in [6, 6.07) is 0. The molecule has 0 spiro atoms. The summed E-state index contributed by atoms with van der Waals surface area (Å²) >= 11 is 0. The molecule has 0 N–H and O–H groups in total. The molecule has 0 saturated carbocycles. The van der Waals surface area contributed by atoms with Crippen LogP contribution in [0.2, 0.25) is 0 Å². The van der Waals surface area contributed by atoms with Crippen molar-refractivity contribution in [3.8, 4) is 0 Å². The molecule has 0 radical (unpaired) electrons. The Morgan fingerprint density at radius 3 is 0.700 bits per heavy atom. The first-order chi connectivity index (χ1) is 24.8. The molecule has 0 aromatic carbocycles. The van der Waals surface area contributed by atoms with Gasteiger partial charge < -0.3 is 9.80 Å². The highest BCUT2D eigenvalue weighted by Crippen LogP contribution is 2.24. The molecule has 1 atom stereocenters. The Labute approximate surface area is 318 Å². The van der Waals surface area contributed by atoms with Crippen LogP contribution in [0.4, 0.5) is 0 Å². The van der Waals surface area contributed by atoms with Crippen LogP contribution in [-0.2, 0) is 0 Å². The van der Waals surface area contributed by atoms with Crippen molar-refractivity contribution in [2.24, 2.45) is 0 Å². The maximum absolute atomic E-state index is 2.74. The molecule has 1 aliphatic rings. The van der Waals surface area contributed by atoms with Crippen molar-refractivity contribution >= 4 is 0 Å². The van der Waals surface area contributed by atoms with E-state index >= 15 is 0 Å². The van der Waals surface area contributed by atoms with Crippen LogP contribution in [0.1, 0.15) is 278 Å². The Balaban J connectivity index is 2.20. The van der Waals surface area contributed by atoms with Gasteiger partial charge >= 0.3 is 0 Å². The third-order valence-electron chi connectivity index (χ3n) is 11.8. The molecule has 0 aliphatic carbocycles. The van der Waals surface area contributed by atoms with Crippen molar-refractivity contribution in [3.63, 3.8) is 0 Å². The van der Waals surface area contributed by atoms with E-state index in [1.165, 1.54) is 270 Å². The summed E-state index contributed by atoms with van der Waals surface area (Å²) in [5.74, 6) is 0. The SMILES string of the molecule is CCCCCCCCCCCCCCCCCN1C=CN(CCCCCCCCCCCCC)C1CCCCCCCCCCCCCCC. The van der Waals surface area contributed by atoms with Crippen LogP contribution in [0, 0.1) is 0 Å². The molecule has 0 amide bonds. The van der Waals surface area contributed by atoms with Crippen LogP contribution in [-0.4, -0.2) is 29.1 Å². The van der Waals surface area contributed by atoms with Crippen LogP contribution in [0.3, 0.4) is 0 Å². The van der Waals surface area contributed by atoms with E-state index in [2.05, 4.69) is 43.0 Å². The van der Waals surface area contributed by atoms with Crippen LogP contribution in [0.25, 0.3) is 0 Å². The lowest BCUT2D eigenvalue weighted by Crippen LogP contribution is -2.39. The van der Waals surface area contributed by atoms with Gasteiger partial charge in [-0.3, -0.25) is 0 Å². The third-order valence-corrected chi connectivity index (χ3v) is 11.8. The van der Waals surface area contributed by atoms with E-state index in [0.29, 0.717) is 6.17 Å². The third kappa shape index (κ3) is 30.9. The Morgan fingerprint density at radius 1 is 0.260 bits per heavy atom. The first-order valence-electron chi connectivity index (χ1n) is 24.0. The Bertz CT molecular complexity index is 659. The highest BCUT2D eigenvalue weighted by molar-refractivity contribution is 4.97. The number of hydrogen-bond acceptors (Lipinski definition) is 2. The van der Waals surface area contributed by atoms with E-state index in [1.807, 2.05) is 0 Å². The fraction of sp³-hybridized carbons (Fsp3) is 0.958. The van der Waals surface area contributed by atoms with Gasteiger partial charge in [-0.15, -0.1) is 0 Å². The highest BCUT2D eigenvalue weighted by atomic mass is 15.4. The zero-order valence-electron chi connectivity index (χ0n) is 35.3. The molecule has 0 saturated heterocycles. The average Bonchev–Trinajstić information content (AvgIpc) is 3.51. The fourth-order valence-electron chi connectivity index (χ4n) is 8.31. The number of nitrogens with zero attached hydrogens (tertiary/aromatic N) is 2. The second-order valence-corrected chi connectivity index (χ2v) is 16.8. The maximum atomic E-state index is 2.74. The Kier molecular flexibility index (Phi) is 37.5. The molecule has 0 aromatic rings. The first-order valence-corrected chi connectivity index (χ1v) is 24.0. The molecule has 0 fully saturated rings. The van der Waals surface area contributed by atoms with Gasteiger partial charge in [0.15, 0.2) is 0 Å². The van der Waals surface area contributed by atoms with Gasteiger partial charge in [-0.1, -0.05) is 252 Å². The molecule has 1 rings (SSSR count). The standard InChI is InChI=1S/C48H96N2/c1-4-7-10-13-16-19-22-24-25-27-30-33-36-39-42-45-50-47-46-49(44-41-38-35-32-29-21-18-15-12-9-6-3)48(50)43-40-37-34-31-28-26-23-20-17-14-11-8-5-2/h46-48H,4-45H2,1-3H3. The van der Waals surface area contributed by atoms with E-state index < -0.39 is 0 Å². The Hall–Kier alpha value is -0.660. The minimum Gasteiger partial charge on any atom is -0.356 e. The van der Waals surface area contributed by atoms with Gasteiger partial charge in [0.25, 0.3) is 0 Å². The Morgan fingerprint density at radius 2 is 0.460 bits per heavy atom. The largest absolute Gasteiger partial charge is 0.356 e. The van der Waals surface area contributed by atoms with Crippen LogP contribution in [0.15, 0.2) is 12.4 Å². The lowest BCUT2D eigenvalue weighted by molar-refractivity contribution is 0.135. The lowest BCUT2D eigenvalue weighted by Gasteiger charge is -2.33. The van der Waals surface area contributed by atoms with Gasteiger partial charge in [0.05, 0.1) is 0 Å². The molecule has 0 aromatic heterocycles. The molecular weight excluding hydrogens is 605 g/mol. The number of rotatable bonds is 42. The zero-order valence-corrected chi connectivity index (χ0v) is 35.3. The maximum Gasteiger partial charge on any atom is 0.101 e. The normalized spacial score (nSPS) is 14.5. The zero-order chi connectivity index (χ0) is 35.8. The smallest absolute Gasteiger partial charge is 0.101 e. The lowest BCUT2D eigenvalue weighted by atomic mass is 10.0. The summed E-state index contributed by atoms with van der Waals surface area (Å²) in [5, 5.41) is 0. The number of hydrogen-bond donors (Lipinski definition) is 0. The van der Waals surface area contributed by atoms with Crippen molar-refractivity contribution < 1.29 is 0 Å². The molecule has 1 heterocycles. The van der Waals surface area contributed by atoms with Crippen molar-refractivity contribution in [1.82, 2.24) is 9.80 Å².